The van der Waals surface area contributed by atoms with Crippen molar-refractivity contribution in [1.29, 1.82) is 0 Å². The van der Waals surface area contributed by atoms with Gasteiger partial charge in [-0.3, -0.25) is 23.7 Å². The van der Waals surface area contributed by atoms with Crippen molar-refractivity contribution in [2.24, 2.45) is 0 Å². The minimum atomic E-state index is -4.63. The lowest BCUT2D eigenvalue weighted by Gasteiger charge is -2.25. The van der Waals surface area contributed by atoms with Gasteiger partial charge in [-0.1, -0.05) is 57.1 Å². The number of carboxylic acid groups (broad SMARTS) is 4. The van der Waals surface area contributed by atoms with Crippen molar-refractivity contribution in [3.05, 3.63) is 95.8 Å². The highest BCUT2D eigenvalue weighted by molar-refractivity contribution is 7.86. The van der Waals surface area contributed by atoms with Crippen molar-refractivity contribution in [2.45, 2.75) is 189 Å². The molecule has 484 valence electrons. The molecule has 27 heteroatoms. The maximum atomic E-state index is 12.8. The van der Waals surface area contributed by atoms with Gasteiger partial charge >= 0.3 is 29.9 Å². The zero-order chi connectivity index (χ0) is 65.4. The third-order valence-electron chi connectivity index (χ3n) is 15.4. The number of carboxylic acids is 4. The molecule has 0 saturated carbocycles. The summed E-state index contributed by atoms with van der Waals surface area (Å²) in [5, 5.41) is 49.6. The van der Waals surface area contributed by atoms with Crippen LogP contribution in [0, 0.1) is 0 Å². The van der Waals surface area contributed by atoms with Crippen LogP contribution < -0.4 is 31.5 Å². The number of carbonyl (C=O) groups excluding carboxylic acids is 4. The Morgan fingerprint density at radius 1 is 0.580 bits per heavy atom. The number of benzene rings is 2. The van der Waals surface area contributed by atoms with E-state index >= 15 is 0 Å². The average Bonchev–Trinajstić information content (AvgIpc) is 1.62. The van der Waals surface area contributed by atoms with E-state index in [0.29, 0.717) is 90.3 Å². The van der Waals surface area contributed by atoms with Crippen LogP contribution >= 0.6 is 0 Å². The summed E-state index contributed by atoms with van der Waals surface area (Å²) in [6.07, 6.45) is 19.0. The molecule has 2 aromatic rings. The molecule has 2 heterocycles. The fourth-order valence-electron chi connectivity index (χ4n) is 10.6. The molecule has 0 fully saturated rings. The lowest BCUT2D eigenvalue weighted by molar-refractivity contribution is -0.438. The number of allylic oxidation sites excluding steroid dienone is 8. The van der Waals surface area contributed by atoms with Crippen LogP contribution in [0.3, 0.4) is 0 Å². The van der Waals surface area contributed by atoms with E-state index in [0.717, 1.165) is 33.9 Å². The summed E-state index contributed by atoms with van der Waals surface area (Å²) in [6.45, 7) is 11.6. The number of unbranched alkanes of at least 4 members (excludes halogenated alkanes) is 7. The number of amides is 5. The van der Waals surface area contributed by atoms with Crippen molar-refractivity contribution in [3.8, 4) is 0 Å². The van der Waals surface area contributed by atoms with E-state index in [1.165, 1.54) is 24.3 Å². The number of urea groups is 1. The number of fused-ring (bicyclic) bond motifs is 2. The van der Waals surface area contributed by atoms with E-state index in [1.807, 2.05) is 77.2 Å². The van der Waals surface area contributed by atoms with Crippen LogP contribution in [0.25, 0.3) is 0 Å². The van der Waals surface area contributed by atoms with E-state index in [1.54, 1.807) is 12.1 Å². The smallest absolute Gasteiger partial charge is 0.326 e. The number of carbonyl (C=O) groups is 8. The molecule has 25 nitrogen and oxygen atoms in total. The normalized spacial score (nSPS) is 15.9. The van der Waals surface area contributed by atoms with Gasteiger partial charge in [-0.25, -0.2) is 27.6 Å². The summed E-state index contributed by atoms with van der Waals surface area (Å²) in [7, 11) is -9.10. The van der Waals surface area contributed by atoms with Crippen LogP contribution in [-0.2, 0) is 64.6 Å². The van der Waals surface area contributed by atoms with Crippen LogP contribution in [0.15, 0.2) is 94.4 Å². The highest BCUT2D eigenvalue weighted by atomic mass is 32.2. The predicted molar refractivity (Wildman–Crippen MR) is 326 cm³/mol. The SMILES string of the molecule is CCN1/C(=C/C=C/C=C/C=C/C2=[N+](CCCCCC(=O)NCCCCC(NC(=O)CCCCCCC(=O)NCCCC[C@H](NC(=O)N[C@@H](CCC(=O)O)C(=O)O)C(=O)O)C(=O)O)c3ccc(S(=O)(=O)O)cc3C2(C)C)C(C)(C)c2cc(S(=O)(=O)[O-])ccc21. The summed E-state index contributed by atoms with van der Waals surface area (Å²) in [5.41, 5.74) is 3.70. The van der Waals surface area contributed by atoms with Crippen molar-refractivity contribution < 1.29 is 89.3 Å². The van der Waals surface area contributed by atoms with Gasteiger partial charge in [0.05, 0.1) is 15.2 Å². The minimum absolute atomic E-state index is 0.0130. The lowest BCUT2D eigenvalue weighted by atomic mass is 9.81. The van der Waals surface area contributed by atoms with Crippen LogP contribution in [0.4, 0.5) is 16.2 Å². The quantitative estimate of drug-likeness (QED) is 0.0144. The fourth-order valence-corrected chi connectivity index (χ4v) is 11.6. The van der Waals surface area contributed by atoms with Crippen LogP contribution in [0.1, 0.15) is 161 Å². The number of hydrogen-bond acceptors (Lipinski definition) is 14. The van der Waals surface area contributed by atoms with Gasteiger partial charge in [-0.05, 0) is 133 Å². The molecule has 0 saturated heterocycles. The first kappa shape index (κ1) is 72.7. The van der Waals surface area contributed by atoms with Crippen LogP contribution in [-0.4, -0.2) is 149 Å². The standard InChI is InChI=1S/C61H85N7O18S2/c1-6-67-48-33-30-41(87(81,82)83)39-43(48)60(2,3)50(67)25-13-8-7-9-14-26-51-61(4,5)44-40-42(88(84,85)86)31-34-49(44)68(51)38-22-12-17-28-53(70)63-36-20-18-23-45(56(74)75)64-54(71)29-16-11-10-15-27-52(69)62-37-21-19-24-46(57(76)77)65-59(80)66-47(58(78)79)32-35-55(72)73/h7-9,13-14,25-26,30-31,33-34,39-40,45-47H,6,10-12,15-24,27-29,32,35-38H2,1-5H3,(H10-,62,63,64,65,66,69,70,71,72,73,74,75,76,77,78,79,80,81,82,83,84,85,86)/t45?,46-,47-/m0/s1. The second-order valence-electron chi connectivity index (χ2n) is 22.7. The van der Waals surface area contributed by atoms with E-state index < -0.39 is 97.8 Å². The monoisotopic (exact) mass is 1270 g/mol. The first-order chi connectivity index (χ1) is 41.4. The van der Waals surface area contributed by atoms with Gasteiger partial charge in [0.2, 0.25) is 23.4 Å². The zero-order valence-electron chi connectivity index (χ0n) is 50.5. The number of anilines is 1. The Balaban J connectivity index is 1.14. The molecule has 0 radical (unpaired) electrons. The molecular weight excluding hydrogens is 1180 g/mol. The summed E-state index contributed by atoms with van der Waals surface area (Å²) in [4.78, 5) is 97.1. The molecule has 2 aliphatic heterocycles. The minimum Gasteiger partial charge on any atom is -0.744 e. The second-order valence-corrected chi connectivity index (χ2v) is 25.5. The second kappa shape index (κ2) is 34.1. The lowest BCUT2D eigenvalue weighted by Crippen LogP contribution is -2.51. The van der Waals surface area contributed by atoms with E-state index in [2.05, 4.69) is 36.1 Å². The van der Waals surface area contributed by atoms with Gasteiger partial charge in [-0.15, -0.1) is 0 Å². The Labute approximate surface area is 514 Å². The molecule has 0 spiro atoms. The number of nitrogens with one attached hydrogen (secondary N) is 5. The van der Waals surface area contributed by atoms with Crippen molar-refractivity contribution in [3.63, 3.8) is 0 Å². The van der Waals surface area contributed by atoms with Gasteiger partial charge in [0.25, 0.3) is 10.1 Å². The average molecular weight is 1270 g/mol. The Hall–Kier alpha value is -7.75. The first-order valence-corrected chi connectivity index (χ1v) is 32.4. The molecule has 4 rings (SSSR count). The van der Waals surface area contributed by atoms with E-state index in [4.69, 9.17) is 5.11 Å². The number of rotatable bonds is 39. The maximum absolute atomic E-state index is 12.8. The molecule has 2 aliphatic rings. The van der Waals surface area contributed by atoms with Gasteiger partial charge in [-0.2, -0.15) is 13.0 Å². The fraction of sp³-hybridized carbons (Fsp3) is 0.525. The maximum Gasteiger partial charge on any atom is 0.326 e. The molecule has 10 N–H and O–H groups in total. The number of aliphatic carboxylic acids is 4. The van der Waals surface area contributed by atoms with Gasteiger partial charge in [0.1, 0.15) is 34.8 Å². The summed E-state index contributed by atoms with van der Waals surface area (Å²) < 4.78 is 71.7. The van der Waals surface area contributed by atoms with Gasteiger partial charge in [0, 0.05) is 86.2 Å². The molecule has 0 aromatic heterocycles. The summed E-state index contributed by atoms with van der Waals surface area (Å²) >= 11 is 0. The Kier molecular flexibility index (Phi) is 28.2. The van der Waals surface area contributed by atoms with Gasteiger partial charge in [0.15, 0.2) is 5.71 Å². The van der Waals surface area contributed by atoms with Crippen molar-refractivity contribution in [2.75, 3.05) is 31.1 Å². The molecule has 88 heavy (non-hydrogen) atoms. The molecule has 3 atom stereocenters. The molecule has 1 unspecified atom stereocenters. The zero-order valence-corrected chi connectivity index (χ0v) is 52.2. The molecule has 0 bridgehead atoms. The predicted octanol–water partition coefficient (Wildman–Crippen LogP) is 6.70. The highest BCUT2D eigenvalue weighted by Crippen LogP contribution is 2.48. The Morgan fingerprint density at radius 3 is 1.61 bits per heavy atom. The van der Waals surface area contributed by atoms with E-state index in [9.17, 15) is 79.6 Å². The third kappa shape index (κ3) is 22.4. The highest BCUT2D eigenvalue weighted by Gasteiger charge is 2.45. The van der Waals surface area contributed by atoms with E-state index in [-0.39, 0.29) is 60.3 Å². The van der Waals surface area contributed by atoms with Crippen LogP contribution in [0.5, 0.6) is 0 Å². The number of nitrogens with zero attached hydrogens (tertiary/aromatic N) is 2. The number of likely N-dealkylation sites (N-methyl/N-ethyl adjacent to an activating group) is 1. The number of hydrogen-bond donors (Lipinski definition) is 10. The molecule has 2 aromatic carbocycles. The third-order valence-corrected chi connectivity index (χ3v) is 17.1. The van der Waals surface area contributed by atoms with Crippen LogP contribution in [0.2, 0.25) is 0 Å². The van der Waals surface area contributed by atoms with Gasteiger partial charge < -0.3 is 56.5 Å². The molecule has 5 amide bonds. The topological polar surface area (TPSA) is 395 Å². The largest absolute Gasteiger partial charge is 0.744 e. The molecular formula is C61H85N7O18S2. The summed E-state index contributed by atoms with van der Waals surface area (Å²) in [6, 6.07) is 3.95. The summed E-state index contributed by atoms with van der Waals surface area (Å²) in [5.74, 6) is -6.04. The Morgan fingerprint density at radius 2 is 1.08 bits per heavy atom. The Bertz CT molecular complexity index is 3240. The molecule has 0 aliphatic carbocycles. The van der Waals surface area contributed by atoms with Crippen molar-refractivity contribution >= 4 is 85.0 Å². The first-order valence-electron chi connectivity index (χ1n) is 29.6. The van der Waals surface area contributed by atoms with Crippen molar-refractivity contribution in [1.82, 2.24) is 26.6 Å².